The Kier molecular flexibility index (Phi) is 9.24. The fourth-order valence-electron chi connectivity index (χ4n) is 3.19. The first-order valence-electron chi connectivity index (χ1n) is 8.40. The number of morpholine rings is 1. The first-order chi connectivity index (χ1) is 10.9. The molecule has 24 heavy (non-hydrogen) atoms. The van der Waals surface area contributed by atoms with Crippen molar-refractivity contribution in [2.24, 2.45) is 10.9 Å². The van der Waals surface area contributed by atoms with Crippen LogP contribution in [0.2, 0.25) is 0 Å². The van der Waals surface area contributed by atoms with Crippen molar-refractivity contribution in [2.75, 3.05) is 51.4 Å². The molecule has 2 N–H and O–H groups in total. The van der Waals surface area contributed by atoms with Gasteiger partial charge in [-0.1, -0.05) is 13.8 Å². The molecule has 0 aromatic rings. The maximum atomic E-state index is 11.6. The monoisotopic (exact) mass is 474 g/mol. The van der Waals surface area contributed by atoms with Gasteiger partial charge in [0, 0.05) is 38.8 Å². The summed E-state index contributed by atoms with van der Waals surface area (Å²) in [6, 6.07) is 0.372. The van der Waals surface area contributed by atoms with E-state index in [2.05, 4.69) is 34.4 Å². The Hall–Kier alpha value is -0.130. The fraction of sp³-hybridized carbons (Fsp3) is 0.933. The highest BCUT2D eigenvalue weighted by molar-refractivity contribution is 14.0. The topological polar surface area (TPSA) is 83.0 Å². The number of guanidine groups is 1. The van der Waals surface area contributed by atoms with E-state index in [1.54, 1.807) is 7.05 Å². The third-order valence-electron chi connectivity index (χ3n) is 4.56. The maximum absolute atomic E-state index is 11.6. The summed E-state index contributed by atoms with van der Waals surface area (Å²) in [6.45, 7) is 8.72. The minimum Gasteiger partial charge on any atom is -0.379 e. The molecule has 2 rings (SSSR count). The van der Waals surface area contributed by atoms with Crippen LogP contribution < -0.4 is 10.6 Å². The van der Waals surface area contributed by atoms with E-state index in [-0.39, 0.29) is 41.5 Å². The van der Waals surface area contributed by atoms with Crippen LogP contribution in [0.4, 0.5) is 0 Å². The molecule has 0 aliphatic carbocycles. The lowest BCUT2D eigenvalue weighted by Crippen LogP contribution is -2.53. The van der Waals surface area contributed by atoms with Crippen LogP contribution in [0.3, 0.4) is 0 Å². The second-order valence-corrected chi connectivity index (χ2v) is 8.89. The normalized spacial score (nSPS) is 26.0. The van der Waals surface area contributed by atoms with Crippen LogP contribution in [0, 0.1) is 5.92 Å². The van der Waals surface area contributed by atoms with E-state index in [9.17, 15) is 8.42 Å². The number of ether oxygens (including phenoxy) is 1. The summed E-state index contributed by atoms with van der Waals surface area (Å²) >= 11 is 0. The molecule has 2 fully saturated rings. The van der Waals surface area contributed by atoms with Crippen molar-refractivity contribution >= 4 is 39.8 Å². The minimum atomic E-state index is -2.88. The summed E-state index contributed by atoms with van der Waals surface area (Å²) in [5.74, 6) is 1.67. The lowest BCUT2D eigenvalue weighted by Gasteiger charge is -2.37. The Labute approximate surface area is 162 Å². The molecule has 0 saturated carbocycles. The number of rotatable bonds is 5. The third kappa shape index (κ3) is 6.64. The Balaban J connectivity index is 0.00000288. The highest BCUT2D eigenvalue weighted by Gasteiger charge is 2.29. The molecule has 0 amide bonds. The first-order valence-corrected chi connectivity index (χ1v) is 10.2. The van der Waals surface area contributed by atoms with Crippen LogP contribution in [0.1, 0.15) is 20.3 Å². The SMILES string of the molecule is CN=C(NCC(C(C)C)N1CCOCC1)NC1CCS(=O)(=O)C1.I. The van der Waals surface area contributed by atoms with E-state index in [4.69, 9.17) is 4.74 Å². The van der Waals surface area contributed by atoms with E-state index in [1.165, 1.54) is 0 Å². The molecule has 7 nitrogen and oxygen atoms in total. The molecule has 2 heterocycles. The smallest absolute Gasteiger partial charge is 0.191 e. The third-order valence-corrected chi connectivity index (χ3v) is 6.33. The van der Waals surface area contributed by atoms with Gasteiger partial charge in [-0.05, 0) is 12.3 Å². The molecule has 0 spiro atoms. The fourth-order valence-corrected chi connectivity index (χ4v) is 4.87. The van der Waals surface area contributed by atoms with Gasteiger partial charge in [0.1, 0.15) is 0 Å². The van der Waals surface area contributed by atoms with Crippen LogP contribution in [0.25, 0.3) is 0 Å². The summed E-state index contributed by atoms with van der Waals surface area (Å²) in [5, 5.41) is 6.60. The summed E-state index contributed by atoms with van der Waals surface area (Å²) in [5.41, 5.74) is 0. The van der Waals surface area contributed by atoms with E-state index in [0.717, 1.165) is 32.8 Å². The predicted molar refractivity (Wildman–Crippen MR) is 108 cm³/mol. The van der Waals surface area contributed by atoms with Crippen LogP contribution in [0.5, 0.6) is 0 Å². The molecular weight excluding hydrogens is 443 g/mol. The van der Waals surface area contributed by atoms with Gasteiger partial charge in [-0.2, -0.15) is 0 Å². The van der Waals surface area contributed by atoms with Gasteiger partial charge in [0.15, 0.2) is 15.8 Å². The van der Waals surface area contributed by atoms with Gasteiger partial charge in [-0.3, -0.25) is 9.89 Å². The average molecular weight is 474 g/mol. The van der Waals surface area contributed by atoms with Crippen molar-refractivity contribution in [3.05, 3.63) is 0 Å². The van der Waals surface area contributed by atoms with E-state index in [0.29, 0.717) is 24.3 Å². The lowest BCUT2D eigenvalue weighted by molar-refractivity contribution is 0.00751. The van der Waals surface area contributed by atoms with Crippen molar-refractivity contribution in [3.8, 4) is 0 Å². The van der Waals surface area contributed by atoms with Crippen molar-refractivity contribution < 1.29 is 13.2 Å². The van der Waals surface area contributed by atoms with Crippen LogP contribution in [-0.4, -0.2) is 82.8 Å². The maximum Gasteiger partial charge on any atom is 0.191 e. The van der Waals surface area contributed by atoms with Crippen molar-refractivity contribution in [2.45, 2.75) is 32.4 Å². The highest BCUT2D eigenvalue weighted by Crippen LogP contribution is 2.13. The second kappa shape index (κ2) is 10.1. The first kappa shape index (κ1) is 21.9. The van der Waals surface area contributed by atoms with Gasteiger partial charge in [0.2, 0.25) is 0 Å². The molecule has 0 aromatic heterocycles. The van der Waals surface area contributed by atoms with Gasteiger partial charge in [-0.25, -0.2) is 8.42 Å². The largest absolute Gasteiger partial charge is 0.379 e. The summed E-state index contributed by atoms with van der Waals surface area (Å²) < 4.78 is 28.5. The Morgan fingerprint density at radius 3 is 2.50 bits per heavy atom. The second-order valence-electron chi connectivity index (χ2n) is 6.66. The predicted octanol–water partition coefficient (Wildman–Crippen LogP) is 0.313. The number of nitrogens with zero attached hydrogens (tertiary/aromatic N) is 2. The van der Waals surface area contributed by atoms with Crippen LogP contribution in [0.15, 0.2) is 4.99 Å². The number of hydrogen-bond donors (Lipinski definition) is 2. The molecule has 0 radical (unpaired) electrons. The Bertz CT molecular complexity index is 507. The zero-order valence-electron chi connectivity index (χ0n) is 14.8. The van der Waals surface area contributed by atoms with Crippen LogP contribution >= 0.6 is 24.0 Å². The quantitative estimate of drug-likeness (QED) is 0.339. The number of halogens is 1. The molecule has 2 saturated heterocycles. The number of aliphatic imine (C=N–C) groups is 1. The van der Waals surface area contributed by atoms with E-state index in [1.807, 2.05) is 0 Å². The number of sulfone groups is 1. The number of hydrogen-bond acceptors (Lipinski definition) is 5. The molecule has 2 aliphatic rings. The van der Waals surface area contributed by atoms with Crippen LogP contribution in [-0.2, 0) is 14.6 Å². The average Bonchev–Trinajstić information content (AvgIpc) is 2.86. The van der Waals surface area contributed by atoms with Crippen molar-refractivity contribution in [1.29, 1.82) is 0 Å². The molecule has 142 valence electrons. The minimum absolute atomic E-state index is 0. The summed E-state index contributed by atoms with van der Waals surface area (Å²) in [6.07, 6.45) is 0.653. The standard InChI is InChI=1S/C15H30N4O3S.HI/c1-12(2)14(19-5-7-22-8-6-19)10-17-15(16-3)18-13-4-9-23(20,21)11-13;/h12-14H,4-11H2,1-3H3,(H2,16,17,18);1H. The Morgan fingerprint density at radius 1 is 1.33 bits per heavy atom. The van der Waals surface area contributed by atoms with Gasteiger partial charge >= 0.3 is 0 Å². The van der Waals surface area contributed by atoms with Crippen molar-refractivity contribution in [3.63, 3.8) is 0 Å². The van der Waals surface area contributed by atoms with E-state index >= 15 is 0 Å². The highest BCUT2D eigenvalue weighted by atomic mass is 127. The van der Waals surface area contributed by atoms with Gasteiger partial charge in [-0.15, -0.1) is 24.0 Å². The van der Waals surface area contributed by atoms with E-state index < -0.39 is 9.84 Å². The molecule has 0 bridgehead atoms. The van der Waals surface area contributed by atoms with Crippen molar-refractivity contribution in [1.82, 2.24) is 15.5 Å². The molecule has 2 unspecified atom stereocenters. The number of nitrogens with one attached hydrogen (secondary N) is 2. The lowest BCUT2D eigenvalue weighted by atomic mass is 10.0. The summed E-state index contributed by atoms with van der Waals surface area (Å²) in [4.78, 5) is 6.68. The van der Waals surface area contributed by atoms with Gasteiger partial charge in [0.25, 0.3) is 0 Å². The Morgan fingerprint density at radius 2 is 2.00 bits per heavy atom. The molecule has 2 aliphatic heterocycles. The zero-order valence-corrected chi connectivity index (χ0v) is 18.0. The summed E-state index contributed by atoms with van der Waals surface area (Å²) in [7, 11) is -1.16. The van der Waals surface area contributed by atoms with Gasteiger partial charge < -0.3 is 15.4 Å². The molecule has 9 heteroatoms. The zero-order chi connectivity index (χ0) is 16.9. The molecular formula is C15H31IN4O3S. The van der Waals surface area contributed by atoms with Gasteiger partial charge in [0.05, 0.1) is 24.7 Å². The molecule has 0 aromatic carbocycles. The molecule has 2 atom stereocenters.